The van der Waals surface area contributed by atoms with E-state index in [-0.39, 0.29) is 45.7 Å². The number of hydrogen-bond donors (Lipinski definition) is 8. The van der Waals surface area contributed by atoms with Gasteiger partial charge in [-0.3, -0.25) is 0 Å². The van der Waals surface area contributed by atoms with E-state index in [9.17, 15) is 40.9 Å². The molecule has 4 aliphatic heterocycles. The summed E-state index contributed by atoms with van der Waals surface area (Å²) in [6, 6.07) is 0. The van der Waals surface area contributed by atoms with Gasteiger partial charge in [-0.05, 0) is 93.3 Å². The molecule has 0 aromatic heterocycles. The van der Waals surface area contributed by atoms with Crippen molar-refractivity contribution in [1.29, 1.82) is 0 Å². The lowest BCUT2D eigenvalue weighted by molar-refractivity contribution is -0.370. The fraction of sp³-hybridized carbons (Fsp3) is 0.952. The van der Waals surface area contributed by atoms with Gasteiger partial charge in [-0.15, -0.1) is 0 Å². The van der Waals surface area contributed by atoms with Crippen LogP contribution in [-0.2, 0) is 28.4 Å². The van der Waals surface area contributed by atoms with Gasteiger partial charge in [0.05, 0.1) is 37.6 Å². The molecule has 4 saturated heterocycles. The third-order valence-electron chi connectivity index (χ3n) is 17.0. The Labute approximate surface area is 330 Å². The van der Waals surface area contributed by atoms with Crippen molar-refractivity contribution < 1.29 is 69.3 Å². The summed E-state index contributed by atoms with van der Waals surface area (Å²) in [5.41, 5.74) is -0.269. The second-order valence-corrected chi connectivity index (χ2v) is 20.6. The zero-order chi connectivity index (χ0) is 40.5. The van der Waals surface area contributed by atoms with E-state index in [2.05, 4.69) is 47.6 Å². The van der Waals surface area contributed by atoms with Crippen molar-refractivity contribution in [2.24, 2.45) is 45.3 Å². The highest BCUT2D eigenvalue weighted by Crippen LogP contribution is 2.80. The number of fused-ring (bicyclic) bond motifs is 4. The standard InChI is InChI=1S/C42H68O14/c1-20(2)14-21-15-40(7,50)34-22-8-9-26-38(5)12-11-27(37(3,4)25(38)10-13-39(26,6)41(22)18-42(34,56-21)51-19-41)54-36-32(49)33(29(46)24(17-44)53-36)55-35-31(48)30(47)28(45)23(16-43)52-35/h14,21-36,43-50H,8-13,15-19H2,1-7H3/t21?,22?,23?,24?,25?,26?,27-,28+,29+,30+,31?,32?,33+,34?,35-,36-,38-,39+,40+,41-,42-/m0/s1. The van der Waals surface area contributed by atoms with Crippen molar-refractivity contribution in [3.05, 3.63) is 11.6 Å². The molecule has 0 radical (unpaired) electrons. The third kappa shape index (κ3) is 5.94. The van der Waals surface area contributed by atoms with Gasteiger partial charge in [0.1, 0.15) is 48.8 Å². The summed E-state index contributed by atoms with van der Waals surface area (Å²) >= 11 is 0. The molecule has 0 amide bonds. The van der Waals surface area contributed by atoms with Crippen molar-refractivity contribution in [1.82, 2.24) is 0 Å². The molecule has 4 heterocycles. The zero-order valence-electron chi connectivity index (χ0n) is 34.1. The van der Waals surface area contributed by atoms with Gasteiger partial charge in [-0.1, -0.05) is 39.3 Å². The number of aliphatic hydroxyl groups is 8. The van der Waals surface area contributed by atoms with Gasteiger partial charge in [0.25, 0.3) is 0 Å². The minimum Gasteiger partial charge on any atom is -0.394 e. The molecule has 14 nitrogen and oxygen atoms in total. The first-order chi connectivity index (χ1) is 26.2. The molecular weight excluding hydrogens is 728 g/mol. The van der Waals surface area contributed by atoms with E-state index in [0.29, 0.717) is 31.3 Å². The van der Waals surface area contributed by atoms with Crippen LogP contribution in [0.2, 0.25) is 0 Å². The lowest BCUT2D eigenvalue weighted by atomic mass is 9.35. The minimum absolute atomic E-state index is 0.0284. The van der Waals surface area contributed by atoms with Crippen molar-refractivity contribution in [3.63, 3.8) is 0 Å². The Bertz CT molecular complexity index is 1500. The van der Waals surface area contributed by atoms with Crippen LogP contribution in [0, 0.1) is 45.3 Å². The molecule has 8 fully saturated rings. The zero-order valence-corrected chi connectivity index (χ0v) is 34.1. The summed E-state index contributed by atoms with van der Waals surface area (Å²) in [7, 11) is 0. The van der Waals surface area contributed by atoms with E-state index in [1.807, 2.05) is 6.92 Å². The number of allylic oxidation sites excluding steroid dienone is 1. The molecule has 2 spiro atoms. The maximum Gasteiger partial charge on any atom is 0.187 e. The van der Waals surface area contributed by atoms with Crippen molar-refractivity contribution >= 4 is 0 Å². The topological polar surface area (TPSA) is 217 Å². The Morgan fingerprint density at radius 1 is 0.750 bits per heavy atom. The summed E-state index contributed by atoms with van der Waals surface area (Å²) < 4.78 is 37.8. The van der Waals surface area contributed by atoms with Gasteiger partial charge in [-0.25, -0.2) is 0 Å². The molecule has 4 aliphatic carbocycles. The maximum atomic E-state index is 12.1. The van der Waals surface area contributed by atoms with Crippen molar-refractivity contribution in [2.45, 2.75) is 185 Å². The van der Waals surface area contributed by atoms with E-state index in [1.165, 1.54) is 5.57 Å². The summed E-state index contributed by atoms with van der Waals surface area (Å²) in [5, 5.41) is 85.9. The first kappa shape index (κ1) is 41.9. The molecule has 2 bridgehead atoms. The van der Waals surface area contributed by atoms with Gasteiger partial charge in [0.15, 0.2) is 18.4 Å². The number of hydrogen-bond acceptors (Lipinski definition) is 14. The Hall–Kier alpha value is -0.820. The fourth-order valence-electron chi connectivity index (χ4n) is 14.6. The van der Waals surface area contributed by atoms with Crippen LogP contribution >= 0.6 is 0 Å². The van der Waals surface area contributed by atoms with Crippen LogP contribution in [0.15, 0.2) is 11.6 Å². The van der Waals surface area contributed by atoms with Crippen LogP contribution in [0.4, 0.5) is 0 Å². The molecule has 8 N–H and O–H groups in total. The maximum absolute atomic E-state index is 12.1. The quantitative estimate of drug-likeness (QED) is 0.135. The lowest BCUT2D eigenvalue weighted by Gasteiger charge is -2.70. The van der Waals surface area contributed by atoms with E-state index in [0.717, 1.165) is 38.5 Å². The molecule has 8 rings (SSSR count). The summed E-state index contributed by atoms with van der Waals surface area (Å²) in [5.74, 6) is 0.123. The largest absolute Gasteiger partial charge is 0.394 e. The second kappa shape index (κ2) is 14.1. The molecule has 21 atom stereocenters. The fourth-order valence-corrected chi connectivity index (χ4v) is 14.6. The molecule has 0 aromatic rings. The number of rotatable bonds is 7. The smallest absolute Gasteiger partial charge is 0.187 e. The molecule has 14 heteroatoms. The molecule has 8 aliphatic rings. The Morgan fingerprint density at radius 3 is 2.07 bits per heavy atom. The molecule has 56 heavy (non-hydrogen) atoms. The van der Waals surface area contributed by atoms with Gasteiger partial charge in [0.2, 0.25) is 0 Å². The molecule has 0 aromatic carbocycles. The Balaban J connectivity index is 1.01. The van der Waals surface area contributed by atoms with E-state index >= 15 is 0 Å². The first-order valence-corrected chi connectivity index (χ1v) is 21.1. The van der Waals surface area contributed by atoms with Gasteiger partial charge in [0, 0.05) is 24.2 Å². The average Bonchev–Trinajstić information content (AvgIpc) is 3.64. The highest BCUT2D eigenvalue weighted by atomic mass is 16.7. The Morgan fingerprint density at radius 2 is 1.41 bits per heavy atom. The predicted molar refractivity (Wildman–Crippen MR) is 198 cm³/mol. The monoisotopic (exact) mass is 796 g/mol. The van der Waals surface area contributed by atoms with E-state index in [1.54, 1.807) is 0 Å². The molecule has 320 valence electrons. The van der Waals surface area contributed by atoms with Crippen LogP contribution in [0.1, 0.15) is 99.8 Å². The molecule has 9 unspecified atom stereocenters. The average molecular weight is 797 g/mol. The lowest BCUT2D eigenvalue weighted by Crippen LogP contribution is -2.68. The SMILES string of the molecule is CC(C)=CC1C[C@@](C)(O)C2C3CCC4[C@@]5(C)CC[C@H](O[C@@H]6OC(CO)[C@@H](O)[C@@H](O[C@@H]7OC(CO)[C@@H](O)[C@@H](O)C7O)C6O)C(C)(C)C5CC[C@@]4(C)[C@@]34CO[C@@]2(C4)O1. The van der Waals surface area contributed by atoms with Gasteiger partial charge >= 0.3 is 0 Å². The van der Waals surface area contributed by atoms with Crippen LogP contribution in [0.5, 0.6) is 0 Å². The van der Waals surface area contributed by atoms with Crippen molar-refractivity contribution in [2.75, 3.05) is 19.8 Å². The van der Waals surface area contributed by atoms with Crippen LogP contribution < -0.4 is 0 Å². The predicted octanol–water partition coefficient (Wildman–Crippen LogP) is 1.50. The number of ether oxygens (including phenoxy) is 6. The molecular formula is C42H68O14. The first-order valence-electron chi connectivity index (χ1n) is 21.1. The third-order valence-corrected chi connectivity index (χ3v) is 17.0. The van der Waals surface area contributed by atoms with Gasteiger partial charge < -0.3 is 69.3 Å². The summed E-state index contributed by atoms with van der Waals surface area (Å²) in [6.07, 6.45) is -6.46. The second-order valence-electron chi connectivity index (χ2n) is 20.6. The van der Waals surface area contributed by atoms with Gasteiger partial charge in [-0.2, -0.15) is 0 Å². The highest BCUT2D eigenvalue weighted by molar-refractivity contribution is 5.26. The van der Waals surface area contributed by atoms with E-state index in [4.69, 9.17) is 28.4 Å². The van der Waals surface area contributed by atoms with Crippen LogP contribution in [0.3, 0.4) is 0 Å². The minimum atomic E-state index is -1.75. The number of aliphatic hydroxyl groups excluding tert-OH is 7. The van der Waals surface area contributed by atoms with Crippen LogP contribution in [0.25, 0.3) is 0 Å². The van der Waals surface area contributed by atoms with E-state index < -0.39 is 86.0 Å². The van der Waals surface area contributed by atoms with Crippen LogP contribution in [-0.4, -0.2) is 146 Å². The normalized spacial score (nSPS) is 57.4. The molecule has 4 saturated carbocycles. The Kier molecular flexibility index (Phi) is 10.6. The highest BCUT2D eigenvalue weighted by Gasteiger charge is 2.81. The summed E-state index contributed by atoms with van der Waals surface area (Å²) in [4.78, 5) is 0. The summed E-state index contributed by atoms with van der Waals surface area (Å²) in [6.45, 7) is 14.9. The van der Waals surface area contributed by atoms with Crippen molar-refractivity contribution in [3.8, 4) is 0 Å².